The number of hydrogen-bond acceptors (Lipinski definition) is 5. The third-order valence-corrected chi connectivity index (χ3v) is 5.32. The van der Waals surface area contributed by atoms with Crippen LogP contribution in [0.5, 0.6) is 0 Å². The zero-order valence-corrected chi connectivity index (χ0v) is 18.7. The molecule has 170 valence electrons. The van der Waals surface area contributed by atoms with Crippen molar-refractivity contribution in [3.8, 4) is 0 Å². The van der Waals surface area contributed by atoms with Crippen LogP contribution in [-0.4, -0.2) is 30.9 Å². The Balaban J connectivity index is 1.97. The molecule has 0 heterocycles. The van der Waals surface area contributed by atoms with E-state index < -0.39 is 11.9 Å². The maximum Gasteiger partial charge on any atom is 0.330 e. The van der Waals surface area contributed by atoms with E-state index in [-0.39, 0.29) is 30.9 Å². The molecule has 2 unspecified atom stereocenters. The van der Waals surface area contributed by atoms with E-state index in [1.807, 2.05) is 60.7 Å². The summed E-state index contributed by atoms with van der Waals surface area (Å²) in [5.74, 6) is -1.34. The van der Waals surface area contributed by atoms with Crippen molar-refractivity contribution in [2.45, 2.75) is 39.0 Å². The largest absolute Gasteiger partial charge is 0.465 e. The first-order valence-corrected chi connectivity index (χ1v) is 11.0. The summed E-state index contributed by atoms with van der Waals surface area (Å²) in [4.78, 5) is 36.3. The summed E-state index contributed by atoms with van der Waals surface area (Å²) in [6.07, 6.45) is 3.87. The summed E-state index contributed by atoms with van der Waals surface area (Å²) < 4.78 is 10.5. The predicted molar refractivity (Wildman–Crippen MR) is 124 cm³/mol. The number of esters is 2. The maximum atomic E-state index is 12.9. The molecule has 0 saturated heterocycles. The SMILES string of the molecule is C=CC(=O)OCCCCOC(=O)C(Cc1ccccc1)CC(Cc1ccccc1)C(C)=O. The summed E-state index contributed by atoms with van der Waals surface area (Å²) in [7, 11) is 0. The first-order valence-electron chi connectivity index (χ1n) is 11.0. The van der Waals surface area contributed by atoms with E-state index in [0.29, 0.717) is 32.1 Å². The summed E-state index contributed by atoms with van der Waals surface area (Å²) in [6, 6.07) is 19.6. The predicted octanol–water partition coefficient (Wildman–Crippen LogP) is 4.74. The van der Waals surface area contributed by atoms with Crippen LogP contribution in [0.1, 0.15) is 37.3 Å². The zero-order valence-electron chi connectivity index (χ0n) is 18.7. The number of ether oxygens (including phenoxy) is 2. The second-order valence-electron chi connectivity index (χ2n) is 7.87. The molecule has 5 heteroatoms. The minimum Gasteiger partial charge on any atom is -0.465 e. The Morgan fingerprint density at radius 3 is 1.81 bits per heavy atom. The lowest BCUT2D eigenvalue weighted by Gasteiger charge is -2.21. The fourth-order valence-corrected chi connectivity index (χ4v) is 3.52. The Morgan fingerprint density at radius 1 is 0.812 bits per heavy atom. The van der Waals surface area contributed by atoms with Crippen molar-refractivity contribution < 1.29 is 23.9 Å². The number of carbonyl (C=O) groups excluding carboxylic acids is 3. The molecule has 32 heavy (non-hydrogen) atoms. The number of ketones is 1. The standard InChI is InChI=1S/C27H32O5/c1-3-26(29)31-16-10-11-17-32-27(30)25(19-23-14-8-5-9-15-23)20-24(21(2)28)18-22-12-6-4-7-13-22/h3-9,12-15,24-25H,1,10-11,16-20H2,2H3. The molecule has 0 radical (unpaired) electrons. The molecule has 0 fully saturated rings. The third kappa shape index (κ3) is 9.29. The minimum absolute atomic E-state index is 0.0729. The molecule has 2 aromatic rings. The molecule has 0 bridgehead atoms. The molecule has 0 amide bonds. The van der Waals surface area contributed by atoms with Gasteiger partial charge in [0.1, 0.15) is 5.78 Å². The van der Waals surface area contributed by atoms with Crippen LogP contribution in [0, 0.1) is 11.8 Å². The molecule has 0 aromatic heterocycles. The van der Waals surface area contributed by atoms with Gasteiger partial charge in [-0.2, -0.15) is 0 Å². The highest BCUT2D eigenvalue weighted by Crippen LogP contribution is 2.23. The third-order valence-electron chi connectivity index (χ3n) is 5.32. The number of rotatable bonds is 14. The van der Waals surface area contributed by atoms with Crippen LogP contribution in [0.15, 0.2) is 73.3 Å². The quantitative estimate of drug-likeness (QED) is 0.243. The molecule has 2 rings (SSSR count). The topological polar surface area (TPSA) is 69.7 Å². The van der Waals surface area contributed by atoms with Crippen molar-refractivity contribution >= 4 is 17.7 Å². The Kier molecular flexibility index (Phi) is 10.9. The summed E-state index contributed by atoms with van der Waals surface area (Å²) >= 11 is 0. The van der Waals surface area contributed by atoms with E-state index in [1.165, 1.54) is 0 Å². The molecule has 2 atom stereocenters. The van der Waals surface area contributed by atoms with Gasteiger partial charge in [0.25, 0.3) is 0 Å². The van der Waals surface area contributed by atoms with Crippen LogP contribution >= 0.6 is 0 Å². The number of unbranched alkanes of at least 4 members (excludes halogenated alkanes) is 1. The average molecular weight is 437 g/mol. The van der Waals surface area contributed by atoms with E-state index in [9.17, 15) is 14.4 Å². The average Bonchev–Trinajstić information content (AvgIpc) is 2.81. The summed E-state index contributed by atoms with van der Waals surface area (Å²) in [6.45, 7) is 5.45. The van der Waals surface area contributed by atoms with Crippen LogP contribution in [0.25, 0.3) is 0 Å². The van der Waals surface area contributed by atoms with E-state index in [0.717, 1.165) is 17.2 Å². The number of carbonyl (C=O) groups is 3. The highest BCUT2D eigenvalue weighted by atomic mass is 16.5. The molecule has 0 aliphatic carbocycles. The van der Waals surface area contributed by atoms with Crippen LogP contribution in [0.4, 0.5) is 0 Å². The monoisotopic (exact) mass is 436 g/mol. The van der Waals surface area contributed by atoms with Gasteiger partial charge in [0.15, 0.2) is 0 Å². The molecule has 5 nitrogen and oxygen atoms in total. The van der Waals surface area contributed by atoms with Gasteiger partial charge in [-0.05, 0) is 50.2 Å². The molecular weight excluding hydrogens is 404 g/mol. The molecule has 0 saturated carbocycles. The first-order chi connectivity index (χ1) is 15.5. The molecule has 0 aliphatic heterocycles. The lowest BCUT2D eigenvalue weighted by atomic mass is 9.84. The number of Topliss-reactive ketones (excluding diaryl/α,β-unsaturated/α-hetero) is 1. The van der Waals surface area contributed by atoms with E-state index in [4.69, 9.17) is 9.47 Å². The van der Waals surface area contributed by atoms with Crippen molar-refractivity contribution in [2.75, 3.05) is 13.2 Å². The normalized spacial score (nSPS) is 12.4. The van der Waals surface area contributed by atoms with Crippen molar-refractivity contribution in [1.82, 2.24) is 0 Å². The first kappa shape index (κ1) is 25.1. The van der Waals surface area contributed by atoms with E-state index in [2.05, 4.69) is 6.58 Å². The molecular formula is C27H32O5. The molecule has 0 aliphatic rings. The van der Waals surface area contributed by atoms with Gasteiger partial charge in [-0.15, -0.1) is 0 Å². The fourth-order valence-electron chi connectivity index (χ4n) is 3.52. The second-order valence-corrected chi connectivity index (χ2v) is 7.87. The highest BCUT2D eigenvalue weighted by molar-refractivity contribution is 5.81. The Hall–Kier alpha value is -3.21. The zero-order chi connectivity index (χ0) is 23.2. The van der Waals surface area contributed by atoms with Crippen LogP contribution in [0.3, 0.4) is 0 Å². The van der Waals surface area contributed by atoms with Crippen molar-refractivity contribution in [3.63, 3.8) is 0 Å². The van der Waals surface area contributed by atoms with E-state index in [1.54, 1.807) is 6.92 Å². The van der Waals surface area contributed by atoms with Gasteiger partial charge in [0.2, 0.25) is 0 Å². The number of benzene rings is 2. The minimum atomic E-state index is -0.460. The number of hydrogen-bond donors (Lipinski definition) is 0. The van der Waals surface area contributed by atoms with Crippen molar-refractivity contribution in [1.29, 1.82) is 0 Å². The van der Waals surface area contributed by atoms with Gasteiger partial charge in [0.05, 0.1) is 19.1 Å². The van der Waals surface area contributed by atoms with Gasteiger partial charge in [-0.3, -0.25) is 9.59 Å². The summed E-state index contributed by atoms with van der Waals surface area (Å²) in [5.41, 5.74) is 2.11. The van der Waals surface area contributed by atoms with Crippen LogP contribution in [0.2, 0.25) is 0 Å². The lowest BCUT2D eigenvalue weighted by molar-refractivity contribution is -0.150. The Labute approximate surface area is 190 Å². The lowest BCUT2D eigenvalue weighted by Crippen LogP contribution is -2.27. The van der Waals surface area contributed by atoms with Gasteiger partial charge in [-0.1, -0.05) is 67.2 Å². The van der Waals surface area contributed by atoms with Crippen molar-refractivity contribution in [3.05, 3.63) is 84.4 Å². The smallest absolute Gasteiger partial charge is 0.330 e. The highest BCUT2D eigenvalue weighted by Gasteiger charge is 2.27. The van der Waals surface area contributed by atoms with Gasteiger partial charge in [-0.25, -0.2) is 4.79 Å². The molecule has 0 N–H and O–H groups in total. The van der Waals surface area contributed by atoms with Crippen LogP contribution < -0.4 is 0 Å². The Bertz CT molecular complexity index is 860. The molecule has 0 spiro atoms. The van der Waals surface area contributed by atoms with Crippen LogP contribution in [-0.2, 0) is 36.7 Å². The Morgan fingerprint density at radius 2 is 1.31 bits per heavy atom. The second kappa shape index (κ2) is 14.0. The summed E-state index contributed by atoms with van der Waals surface area (Å²) in [5, 5.41) is 0. The van der Waals surface area contributed by atoms with E-state index >= 15 is 0 Å². The fraction of sp³-hybridized carbons (Fsp3) is 0.370. The van der Waals surface area contributed by atoms with Gasteiger partial charge >= 0.3 is 11.9 Å². The van der Waals surface area contributed by atoms with Crippen molar-refractivity contribution in [2.24, 2.45) is 11.8 Å². The van der Waals surface area contributed by atoms with Gasteiger partial charge < -0.3 is 9.47 Å². The molecule has 2 aromatic carbocycles. The maximum absolute atomic E-state index is 12.9. The van der Waals surface area contributed by atoms with Gasteiger partial charge in [0, 0.05) is 12.0 Å².